The SMILES string of the molecule is O=c1cc(CCc2ccccc2)oc2c3oc3c3oc3c12. The van der Waals surface area contributed by atoms with Gasteiger partial charge in [0.25, 0.3) is 0 Å². The Morgan fingerprint density at radius 2 is 1.43 bits per heavy atom. The summed E-state index contributed by atoms with van der Waals surface area (Å²) in [6, 6.07) is 11.7. The molecule has 0 aliphatic rings. The van der Waals surface area contributed by atoms with Crippen LogP contribution >= 0.6 is 0 Å². The average Bonchev–Trinajstić information content (AvgIpc) is 3.36. The molecular formula is C17H10O4. The fourth-order valence-electron chi connectivity index (χ4n) is 2.72. The number of benzene rings is 2. The summed E-state index contributed by atoms with van der Waals surface area (Å²) < 4.78 is 16.5. The highest BCUT2D eigenvalue weighted by Crippen LogP contribution is 2.45. The fraction of sp³-hybridized carbons (Fsp3) is 0.118. The molecule has 5 aromatic rings. The number of fused-ring (bicyclic) bond motifs is 6. The van der Waals surface area contributed by atoms with Crippen molar-refractivity contribution in [1.82, 2.24) is 0 Å². The summed E-state index contributed by atoms with van der Waals surface area (Å²) >= 11 is 0. The topological polar surface area (TPSA) is 56.5 Å². The molecule has 0 fully saturated rings. The number of rotatable bonds is 3. The molecule has 102 valence electrons. The molecule has 2 aromatic carbocycles. The normalized spacial score (nSPS) is 12.4. The smallest absolute Gasteiger partial charge is 0.220 e. The second kappa shape index (κ2) is 3.67. The zero-order valence-electron chi connectivity index (χ0n) is 11.0. The van der Waals surface area contributed by atoms with E-state index in [0.717, 1.165) is 12.0 Å². The molecule has 0 saturated carbocycles. The van der Waals surface area contributed by atoms with Crippen LogP contribution in [0.2, 0.25) is 0 Å². The van der Waals surface area contributed by atoms with Crippen LogP contribution in [0, 0.1) is 0 Å². The van der Waals surface area contributed by atoms with Crippen molar-refractivity contribution < 1.29 is 13.3 Å². The first kappa shape index (κ1) is 11.0. The van der Waals surface area contributed by atoms with Crippen LogP contribution in [0.25, 0.3) is 33.3 Å². The summed E-state index contributed by atoms with van der Waals surface area (Å²) in [7, 11) is 0. The summed E-state index contributed by atoms with van der Waals surface area (Å²) in [5, 5.41) is 0.504. The fourth-order valence-corrected chi connectivity index (χ4v) is 2.72. The molecule has 0 aliphatic carbocycles. The van der Waals surface area contributed by atoms with Gasteiger partial charge >= 0.3 is 0 Å². The summed E-state index contributed by atoms with van der Waals surface area (Å²) in [5.41, 5.74) is 4.37. The number of hydrogen-bond donors (Lipinski definition) is 0. The van der Waals surface area contributed by atoms with Gasteiger partial charge in [-0.1, -0.05) is 30.3 Å². The van der Waals surface area contributed by atoms with Crippen molar-refractivity contribution in [3.63, 3.8) is 0 Å². The standard InChI is InChI=1S/C17H10O4/c18-11-8-10(7-6-9-4-2-1-3-5-9)19-13-12(11)14-16(20-14)17-15(13)21-17/h1-5,8H,6-7H2. The monoisotopic (exact) mass is 278 g/mol. The lowest BCUT2D eigenvalue weighted by Gasteiger charge is -2.01. The third-order valence-corrected chi connectivity index (χ3v) is 3.88. The van der Waals surface area contributed by atoms with E-state index in [1.54, 1.807) is 6.07 Å². The maximum Gasteiger partial charge on any atom is 0.220 e. The Morgan fingerprint density at radius 1 is 0.762 bits per heavy atom. The van der Waals surface area contributed by atoms with Gasteiger partial charge in [-0.3, -0.25) is 4.79 Å². The zero-order valence-corrected chi connectivity index (χ0v) is 11.0. The lowest BCUT2D eigenvalue weighted by molar-refractivity contribution is 0.534. The molecule has 4 heteroatoms. The maximum atomic E-state index is 12.2. The van der Waals surface area contributed by atoms with E-state index in [0.29, 0.717) is 39.9 Å². The molecule has 0 unspecified atom stereocenters. The molecule has 0 saturated heterocycles. The van der Waals surface area contributed by atoms with E-state index in [1.807, 2.05) is 18.2 Å². The van der Waals surface area contributed by atoms with Crippen LogP contribution in [0.4, 0.5) is 0 Å². The summed E-state index contributed by atoms with van der Waals surface area (Å²) in [6.07, 6.45) is 1.52. The largest absolute Gasteiger partial charge is 0.457 e. The van der Waals surface area contributed by atoms with Crippen molar-refractivity contribution >= 4 is 33.3 Å². The predicted molar refractivity (Wildman–Crippen MR) is 78.3 cm³/mol. The minimum absolute atomic E-state index is 0.0636. The molecule has 21 heavy (non-hydrogen) atoms. The predicted octanol–water partition coefficient (Wildman–Crippen LogP) is 3.95. The molecule has 4 nitrogen and oxygen atoms in total. The third-order valence-electron chi connectivity index (χ3n) is 3.88. The Balaban J connectivity index is 1.57. The Hall–Kier alpha value is -2.75. The van der Waals surface area contributed by atoms with Crippen molar-refractivity contribution in [2.75, 3.05) is 0 Å². The average molecular weight is 278 g/mol. The molecule has 0 atom stereocenters. The van der Waals surface area contributed by atoms with Crippen LogP contribution in [0.5, 0.6) is 0 Å². The quantitative estimate of drug-likeness (QED) is 0.501. The molecular weight excluding hydrogens is 268 g/mol. The van der Waals surface area contributed by atoms with E-state index >= 15 is 0 Å². The summed E-state index contributed by atoms with van der Waals surface area (Å²) in [6.45, 7) is 0. The van der Waals surface area contributed by atoms with E-state index in [4.69, 9.17) is 13.3 Å². The van der Waals surface area contributed by atoms with E-state index < -0.39 is 0 Å². The number of aryl methyl sites for hydroxylation is 2. The van der Waals surface area contributed by atoms with Gasteiger partial charge in [0.05, 0.1) is 0 Å². The Bertz CT molecular complexity index is 1090. The molecule has 0 radical (unpaired) electrons. The third kappa shape index (κ3) is 1.59. The molecule has 0 aliphatic heterocycles. The second-order valence-corrected chi connectivity index (χ2v) is 5.29. The van der Waals surface area contributed by atoms with E-state index in [2.05, 4.69) is 12.1 Å². The first-order chi connectivity index (χ1) is 10.3. The first-order valence-corrected chi connectivity index (χ1v) is 6.87. The van der Waals surface area contributed by atoms with Crippen molar-refractivity contribution in [1.29, 1.82) is 0 Å². The lowest BCUT2D eigenvalue weighted by atomic mass is 10.1. The van der Waals surface area contributed by atoms with Crippen LogP contribution in [0.15, 0.2) is 54.4 Å². The molecule has 0 N–H and O–H groups in total. The Morgan fingerprint density at radius 3 is 2.24 bits per heavy atom. The second-order valence-electron chi connectivity index (χ2n) is 5.29. The van der Waals surface area contributed by atoms with E-state index in [9.17, 15) is 4.79 Å². The minimum atomic E-state index is -0.0636. The van der Waals surface area contributed by atoms with E-state index in [-0.39, 0.29) is 5.43 Å². The van der Waals surface area contributed by atoms with Gasteiger partial charge in [-0.2, -0.15) is 0 Å². The highest BCUT2D eigenvalue weighted by molar-refractivity contribution is 6.22. The van der Waals surface area contributed by atoms with Gasteiger partial charge in [0.15, 0.2) is 16.6 Å². The summed E-state index contributed by atoms with van der Waals surface area (Å²) in [4.78, 5) is 12.2. The Kier molecular flexibility index (Phi) is 1.91. The minimum Gasteiger partial charge on any atom is -0.457 e. The van der Waals surface area contributed by atoms with Gasteiger partial charge in [0.1, 0.15) is 11.1 Å². The zero-order chi connectivity index (χ0) is 14.0. The van der Waals surface area contributed by atoms with Crippen LogP contribution in [0.3, 0.4) is 0 Å². The van der Waals surface area contributed by atoms with Gasteiger partial charge in [-0.05, 0) is 12.0 Å². The van der Waals surface area contributed by atoms with Gasteiger partial charge in [-0.25, -0.2) is 0 Å². The molecule has 0 spiro atoms. The highest BCUT2D eigenvalue weighted by atomic mass is 16.4. The molecule has 5 rings (SSSR count). The van der Waals surface area contributed by atoms with Gasteiger partial charge < -0.3 is 13.3 Å². The Labute approximate surface area is 118 Å². The van der Waals surface area contributed by atoms with Crippen LogP contribution in [0.1, 0.15) is 11.3 Å². The molecule has 0 amide bonds. The maximum absolute atomic E-state index is 12.2. The van der Waals surface area contributed by atoms with Crippen LogP contribution in [-0.2, 0) is 12.8 Å². The van der Waals surface area contributed by atoms with Crippen molar-refractivity contribution in [2.45, 2.75) is 12.8 Å². The van der Waals surface area contributed by atoms with E-state index in [1.165, 1.54) is 5.56 Å². The lowest BCUT2D eigenvalue weighted by Crippen LogP contribution is -2.02. The molecule has 3 heterocycles. The van der Waals surface area contributed by atoms with Crippen molar-refractivity contribution in [2.24, 2.45) is 0 Å². The highest BCUT2D eigenvalue weighted by Gasteiger charge is 2.30. The molecule has 0 bridgehead atoms. The van der Waals surface area contributed by atoms with Gasteiger partial charge in [0, 0.05) is 12.5 Å². The molecule has 3 aromatic heterocycles. The van der Waals surface area contributed by atoms with Gasteiger partial charge in [-0.15, -0.1) is 0 Å². The van der Waals surface area contributed by atoms with Crippen molar-refractivity contribution in [3.8, 4) is 0 Å². The van der Waals surface area contributed by atoms with Crippen molar-refractivity contribution in [3.05, 3.63) is 57.9 Å². The van der Waals surface area contributed by atoms with Crippen LogP contribution < -0.4 is 5.43 Å². The van der Waals surface area contributed by atoms with Gasteiger partial charge in [0.2, 0.25) is 16.7 Å². The first-order valence-electron chi connectivity index (χ1n) is 6.87. The summed E-state index contributed by atoms with van der Waals surface area (Å²) in [5.74, 6) is 0.676. The number of hydrogen-bond acceptors (Lipinski definition) is 4. The van der Waals surface area contributed by atoms with Crippen LogP contribution in [-0.4, -0.2) is 0 Å².